The highest BCUT2D eigenvalue weighted by Crippen LogP contribution is 2.32. The van der Waals surface area contributed by atoms with Crippen molar-refractivity contribution in [1.29, 1.82) is 0 Å². The Balaban J connectivity index is 1.37. The number of ether oxygens (including phenoxy) is 2. The van der Waals surface area contributed by atoms with E-state index in [1.54, 1.807) is 0 Å². The van der Waals surface area contributed by atoms with Crippen molar-refractivity contribution in [1.82, 2.24) is 4.90 Å². The average Bonchev–Trinajstić information content (AvgIpc) is 3.18. The highest BCUT2D eigenvalue weighted by Gasteiger charge is 2.31. The molecule has 1 unspecified atom stereocenters. The molecule has 1 heterocycles. The number of anilines is 1. The molecular weight excluding hydrogens is 431 g/mol. The Hall–Kier alpha value is -3.68. The van der Waals surface area contributed by atoms with E-state index in [0.717, 1.165) is 29.2 Å². The fraction of sp³-hybridized carbons (Fsp3) is 0.240. The number of nitrogens with one attached hydrogen (secondary N) is 1. The van der Waals surface area contributed by atoms with Gasteiger partial charge in [-0.15, -0.1) is 13.2 Å². The topological polar surface area (TPSA) is 46.1 Å². The molecule has 172 valence electrons. The zero-order valence-corrected chi connectivity index (χ0v) is 18.5. The molecule has 3 aromatic carbocycles. The van der Waals surface area contributed by atoms with Crippen LogP contribution >= 0.6 is 0 Å². The van der Waals surface area contributed by atoms with E-state index in [9.17, 15) is 13.2 Å². The van der Waals surface area contributed by atoms with Crippen molar-refractivity contribution in [2.24, 2.45) is 4.99 Å². The summed E-state index contributed by atoms with van der Waals surface area (Å²) in [6, 6.07) is 19.1. The second-order valence-corrected chi connectivity index (χ2v) is 8.00. The molecule has 1 aliphatic heterocycles. The molecule has 0 saturated heterocycles. The van der Waals surface area contributed by atoms with Crippen LogP contribution in [0.4, 0.5) is 24.5 Å². The van der Waals surface area contributed by atoms with Crippen LogP contribution in [-0.4, -0.2) is 31.2 Å². The first-order valence-electron chi connectivity index (χ1n) is 10.4. The Bertz CT molecular complexity index is 1140. The molecule has 0 spiro atoms. The van der Waals surface area contributed by atoms with Gasteiger partial charge in [0.2, 0.25) is 0 Å². The third kappa shape index (κ3) is 5.77. The van der Waals surface area contributed by atoms with Crippen LogP contribution in [0.15, 0.2) is 71.7 Å². The van der Waals surface area contributed by atoms with Crippen molar-refractivity contribution in [3.05, 3.63) is 77.9 Å². The van der Waals surface area contributed by atoms with Gasteiger partial charge in [0.1, 0.15) is 23.1 Å². The Kier molecular flexibility index (Phi) is 6.18. The quantitative estimate of drug-likeness (QED) is 0.449. The molecule has 1 atom stereocenters. The van der Waals surface area contributed by atoms with Gasteiger partial charge in [0.25, 0.3) is 0 Å². The highest BCUT2D eigenvalue weighted by molar-refractivity contribution is 5.92. The molecule has 0 fully saturated rings. The molecule has 0 bridgehead atoms. The molecule has 0 aromatic heterocycles. The standard InChI is InChI=1S/C25H24F3N3O2/c1-16(29-19-7-4-18-14-24(31(2)3)30-23(18)15-19)17-5-8-20(9-6-17)32-21-10-12-22(13-11-21)33-25(26,27)28/h4-13,15-16,29H,14H2,1-3H3. The molecule has 33 heavy (non-hydrogen) atoms. The molecule has 3 aromatic rings. The van der Waals surface area contributed by atoms with Crippen molar-refractivity contribution in [2.45, 2.75) is 25.7 Å². The number of rotatable bonds is 6. The maximum Gasteiger partial charge on any atom is 0.573 e. The minimum Gasteiger partial charge on any atom is -0.457 e. The summed E-state index contributed by atoms with van der Waals surface area (Å²) < 4.78 is 46.4. The fourth-order valence-corrected chi connectivity index (χ4v) is 3.52. The van der Waals surface area contributed by atoms with Crippen molar-refractivity contribution in [3.8, 4) is 17.2 Å². The molecule has 0 amide bonds. The van der Waals surface area contributed by atoms with E-state index in [1.165, 1.54) is 29.8 Å². The number of hydrogen-bond donors (Lipinski definition) is 1. The van der Waals surface area contributed by atoms with Crippen molar-refractivity contribution < 1.29 is 22.6 Å². The molecule has 4 rings (SSSR count). The SMILES string of the molecule is CC(Nc1ccc2c(c1)N=C(N(C)C)C2)c1ccc(Oc2ccc(OC(F)(F)F)cc2)cc1. The average molecular weight is 455 g/mol. The van der Waals surface area contributed by atoms with E-state index in [1.807, 2.05) is 43.3 Å². The van der Waals surface area contributed by atoms with Gasteiger partial charge in [0, 0.05) is 32.2 Å². The number of hydrogen-bond acceptors (Lipinski definition) is 5. The van der Waals surface area contributed by atoms with Crippen LogP contribution in [0.5, 0.6) is 17.2 Å². The van der Waals surface area contributed by atoms with Crippen LogP contribution in [0, 0.1) is 0 Å². The maximum atomic E-state index is 12.3. The van der Waals surface area contributed by atoms with E-state index in [-0.39, 0.29) is 11.8 Å². The lowest BCUT2D eigenvalue weighted by atomic mass is 10.1. The van der Waals surface area contributed by atoms with Crippen LogP contribution < -0.4 is 14.8 Å². The summed E-state index contributed by atoms with van der Waals surface area (Å²) in [6.45, 7) is 2.07. The van der Waals surface area contributed by atoms with Gasteiger partial charge < -0.3 is 19.7 Å². The van der Waals surface area contributed by atoms with E-state index >= 15 is 0 Å². The first-order chi connectivity index (χ1) is 15.7. The monoisotopic (exact) mass is 455 g/mol. The lowest BCUT2D eigenvalue weighted by Gasteiger charge is -2.17. The van der Waals surface area contributed by atoms with Crippen molar-refractivity contribution >= 4 is 17.2 Å². The van der Waals surface area contributed by atoms with E-state index in [4.69, 9.17) is 4.74 Å². The zero-order valence-electron chi connectivity index (χ0n) is 18.5. The summed E-state index contributed by atoms with van der Waals surface area (Å²) in [5.74, 6) is 1.76. The number of aliphatic imine (C=N–C) groups is 1. The van der Waals surface area contributed by atoms with Crippen molar-refractivity contribution in [3.63, 3.8) is 0 Å². The lowest BCUT2D eigenvalue weighted by molar-refractivity contribution is -0.274. The van der Waals surface area contributed by atoms with Gasteiger partial charge in [-0.1, -0.05) is 18.2 Å². The van der Waals surface area contributed by atoms with E-state index in [2.05, 4.69) is 40.2 Å². The minimum absolute atomic E-state index is 0.0506. The molecule has 0 saturated carbocycles. The van der Waals surface area contributed by atoms with Crippen molar-refractivity contribution in [2.75, 3.05) is 19.4 Å². The van der Waals surface area contributed by atoms with Crippen LogP contribution in [-0.2, 0) is 6.42 Å². The molecule has 8 heteroatoms. The van der Waals surface area contributed by atoms with Gasteiger partial charge >= 0.3 is 6.36 Å². The highest BCUT2D eigenvalue weighted by atomic mass is 19.4. The van der Waals surface area contributed by atoms with Gasteiger partial charge in [-0.25, -0.2) is 4.99 Å². The van der Waals surface area contributed by atoms with Crippen LogP contribution in [0.2, 0.25) is 0 Å². The predicted octanol–water partition coefficient (Wildman–Crippen LogP) is 6.70. The number of alkyl halides is 3. The van der Waals surface area contributed by atoms with E-state index < -0.39 is 6.36 Å². The molecule has 5 nitrogen and oxygen atoms in total. The summed E-state index contributed by atoms with van der Waals surface area (Å²) in [5, 5.41) is 3.50. The van der Waals surface area contributed by atoms with Gasteiger partial charge in [-0.2, -0.15) is 0 Å². The number of likely N-dealkylation sites (N-methyl/N-ethyl adjacent to an activating group) is 1. The number of halogens is 3. The summed E-state index contributed by atoms with van der Waals surface area (Å²) in [4.78, 5) is 6.72. The first-order valence-corrected chi connectivity index (χ1v) is 10.4. The summed E-state index contributed by atoms with van der Waals surface area (Å²) in [7, 11) is 3.99. The number of fused-ring (bicyclic) bond motifs is 1. The van der Waals surface area contributed by atoms with Gasteiger partial charge in [0.05, 0.1) is 5.69 Å². The normalized spacial score (nSPS) is 13.7. The number of nitrogens with zero attached hydrogens (tertiary/aromatic N) is 2. The smallest absolute Gasteiger partial charge is 0.457 e. The second-order valence-electron chi connectivity index (χ2n) is 8.00. The Labute approximate surface area is 190 Å². The fourth-order valence-electron chi connectivity index (χ4n) is 3.52. The lowest BCUT2D eigenvalue weighted by Crippen LogP contribution is -2.21. The number of amidine groups is 1. The summed E-state index contributed by atoms with van der Waals surface area (Å²) in [6.07, 6.45) is -3.87. The molecule has 1 N–H and O–H groups in total. The minimum atomic E-state index is -4.72. The molecule has 1 aliphatic rings. The van der Waals surface area contributed by atoms with Gasteiger partial charge in [0.15, 0.2) is 0 Å². The zero-order chi connectivity index (χ0) is 23.6. The Morgan fingerprint density at radius 2 is 1.52 bits per heavy atom. The largest absolute Gasteiger partial charge is 0.573 e. The second kappa shape index (κ2) is 9.05. The van der Waals surface area contributed by atoms with Crippen LogP contribution in [0.25, 0.3) is 0 Å². The first kappa shape index (κ1) is 22.5. The summed E-state index contributed by atoms with van der Waals surface area (Å²) >= 11 is 0. The predicted molar refractivity (Wildman–Crippen MR) is 123 cm³/mol. The number of benzene rings is 3. The Morgan fingerprint density at radius 1 is 0.909 bits per heavy atom. The molecule has 0 aliphatic carbocycles. The van der Waals surface area contributed by atoms with Gasteiger partial charge in [-0.05, 0) is 66.6 Å². The van der Waals surface area contributed by atoms with Crippen LogP contribution in [0.1, 0.15) is 24.1 Å². The van der Waals surface area contributed by atoms with E-state index in [0.29, 0.717) is 11.5 Å². The van der Waals surface area contributed by atoms with Crippen LogP contribution in [0.3, 0.4) is 0 Å². The molecule has 0 radical (unpaired) electrons. The van der Waals surface area contributed by atoms with Gasteiger partial charge in [-0.3, -0.25) is 0 Å². The third-order valence-corrected chi connectivity index (χ3v) is 5.26. The third-order valence-electron chi connectivity index (χ3n) is 5.26. The Morgan fingerprint density at radius 3 is 2.12 bits per heavy atom. The molecular formula is C25H24F3N3O2. The summed E-state index contributed by atoms with van der Waals surface area (Å²) in [5.41, 5.74) is 4.27. The maximum absolute atomic E-state index is 12.3.